The lowest BCUT2D eigenvalue weighted by Gasteiger charge is -2.03. The molecule has 0 unspecified atom stereocenters. The van der Waals surface area contributed by atoms with Crippen LogP contribution in [0.1, 0.15) is 11.5 Å². The number of nitrogens with one attached hydrogen (secondary N) is 1. The van der Waals surface area contributed by atoms with E-state index in [1.54, 1.807) is 18.2 Å². The maximum atomic E-state index is 12.1. The first-order valence-corrected chi connectivity index (χ1v) is 9.71. The lowest BCUT2D eigenvalue weighted by Crippen LogP contribution is -2.30. The molecule has 0 aliphatic heterocycles. The van der Waals surface area contributed by atoms with Crippen molar-refractivity contribution in [3.05, 3.63) is 53.4 Å². The van der Waals surface area contributed by atoms with Crippen LogP contribution in [0.15, 0.2) is 50.9 Å². The summed E-state index contributed by atoms with van der Waals surface area (Å²) in [6.45, 7) is 0.147. The summed E-state index contributed by atoms with van der Waals surface area (Å²) in [7, 11) is -3.64. The van der Waals surface area contributed by atoms with Crippen molar-refractivity contribution in [1.29, 1.82) is 0 Å². The van der Waals surface area contributed by atoms with Gasteiger partial charge in [0.15, 0.2) is 15.6 Å². The van der Waals surface area contributed by atoms with Crippen LogP contribution in [0.25, 0.3) is 10.6 Å². The Morgan fingerprint density at radius 1 is 1.29 bits per heavy atom. The summed E-state index contributed by atoms with van der Waals surface area (Å²) in [6.07, 6.45) is 1.48. The largest absolute Gasteiger partial charge is 0.467 e. The number of carbonyl (C=O) groups excluding carboxylic acids is 1. The molecule has 0 saturated carbocycles. The van der Waals surface area contributed by atoms with E-state index in [1.807, 2.05) is 17.5 Å². The van der Waals surface area contributed by atoms with Crippen molar-refractivity contribution in [2.24, 2.45) is 0 Å². The molecule has 0 atom stereocenters. The lowest BCUT2D eigenvalue weighted by atomic mass is 10.3. The van der Waals surface area contributed by atoms with E-state index in [9.17, 15) is 13.2 Å². The third-order valence-corrected chi connectivity index (χ3v) is 5.40. The first-order valence-electron chi connectivity index (χ1n) is 7.01. The van der Waals surface area contributed by atoms with E-state index in [0.29, 0.717) is 11.5 Å². The Morgan fingerprint density at radius 2 is 2.17 bits per heavy atom. The fourth-order valence-corrected chi connectivity index (χ4v) is 3.90. The van der Waals surface area contributed by atoms with Crippen LogP contribution in [0.4, 0.5) is 0 Å². The van der Waals surface area contributed by atoms with Gasteiger partial charge in [-0.15, -0.1) is 11.3 Å². The zero-order chi connectivity index (χ0) is 17.0. The Kier molecular flexibility index (Phi) is 4.81. The monoisotopic (exact) mass is 366 g/mol. The molecule has 0 bridgehead atoms. The molecule has 126 valence electrons. The van der Waals surface area contributed by atoms with Gasteiger partial charge < -0.3 is 14.3 Å². The van der Waals surface area contributed by atoms with E-state index in [4.69, 9.17) is 8.94 Å². The summed E-state index contributed by atoms with van der Waals surface area (Å²) in [6, 6.07) is 8.67. The fourth-order valence-electron chi connectivity index (χ4n) is 2.04. The maximum Gasteiger partial charge on any atom is 0.235 e. The van der Waals surface area contributed by atoms with Gasteiger partial charge in [-0.25, -0.2) is 8.42 Å². The number of nitrogens with zero attached hydrogens (tertiary/aromatic N) is 1. The molecule has 9 heteroatoms. The standard InChI is InChI=1S/C15H14N2O5S2/c18-15(16-8-12-3-1-5-21-12)10-24(19,20)9-11-7-13(22-17-11)14-4-2-6-23-14/h1-7H,8-10H2,(H,16,18). The third kappa shape index (κ3) is 4.33. The smallest absolute Gasteiger partial charge is 0.235 e. The van der Waals surface area contributed by atoms with E-state index in [1.165, 1.54) is 17.6 Å². The Balaban J connectivity index is 1.56. The zero-order valence-corrected chi connectivity index (χ0v) is 14.1. The Labute approximate surface area is 142 Å². The van der Waals surface area contributed by atoms with E-state index >= 15 is 0 Å². The minimum Gasteiger partial charge on any atom is -0.467 e. The molecule has 0 spiro atoms. The Hall–Kier alpha value is -2.39. The summed E-state index contributed by atoms with van der Waals surface area (Å²) in [5.41, 5.74) is 0.275. The molecule has 3 rings (SSSR count). The van der Waals surface area contributed by atoms with Gasteiger partial charge in [0.2, 0.25) is 5.91 Å². The van der Waals surface area contributed by atoms with E-state index < -0.39 is 21.5 Å². The number of furan rings is 1. The maximum absolute atomic E-state index is 12.1. The number of aromatic nitrogens is 1. The first kappa shape index (κ1) is 16.5. The van der Waals surface area contributed by atoms with Crippen LogP contribution in [-0.2, 0) is 26.9 Å². The van der Waals surface area contributed by atoms with E-state index in [2.05, 4.69) is 10.5 Å². The van der Waals surface area contributed by atoms with Crippen molar-refractivity contribution in [2.75, 3.05) is 5.75 Å². The first-order chi connectivity index (χ1) is 11.5. The van der Waals surface area contributed by atoms with Crippen molar-refractivity contribution in [3.8, 4) is 10.6 Å². The predicted octanol–water partition coefficient (Wildman–Crippen LogP) is 2.23. The zero-order valence-electron chi connectivity index (χ0n) is 12.5. The fraction of sp³-hybridized carbons (Fsp3) is 0.200. The molecule has 3 aromatic heterocycles. The number of rotatable bonds is 7. The summed E-state index contributed by atoms with van der Waals surface area (Å²) in [5, 5.41) is 8.14. The molecule has 24 heavy (non-hydrogen) atoms. The van der Waals surface area contributed by atoms with E-state index in [-0.39, 0.29) is 18.0 Å². The van der Waals surface area contributed by atoms with Crippen molar-refractivity contribution in [2.45, 2.75) is 12.3 Å². The molecular formula is C15H14N2O5S2. The number of hydrogen-bond acceptors (Lipinski definition) is 7. The number of thiophene rings is 1. The van der Waals surface area contributed by atoms with Crippen LogP contribution in [0.3, 0.4) is 0 Å². The number of hydrogen-bond donors (Lipinski definition) is 1. The van der Waals surface area contributed by atoms with Gasteiger partial charge in [-0.1, -0.05) is 11.2 Å². The van der Waals surface area contributed by atoms with Crippen LogP contribution >= 0.6 is 11.3 Å². The third-order valence-electron chi connectivity index (χ3n) is 3.08. The summed E-state index contributed by atoms with van der Waals surface area (Å²) in [5.74, 6) is -0.492. The molecule has 1 amide bonds. The van der Waals surface area contributed by atoms with Gasteiger partial charge in [0.1, 0.15) is 11.5 Å². The van der Waals surface area contributed by atoms with Gasteiger partial charge in [0.05, 0.1) is 29.1 Å². The van der Waals surface area contributed by atoms with Crippen molar-refractivity contribution in [1.82, 2.24) is 10.5 Å². The van der Waals surface area contributed by atoms with Crippen molar-refractivity contribution in [3.63, 3.8) is 0 Å². The predicted molar refractivity (Wildman–Crippen MR) is 87.9 cm³/mol. The van der Waals surface area contributed by atoms with Crippen molar-refractivity contribution >= 4 is 27.1 Å². The van der Waals surface area contributed by atoms with Gasteiger partial charge >= 0.3 is 0 Å². The average molecular weight is 366 g/mol. The van der Waals surface area contributed by atoms with Gasteiger partial charge in [-0.2, -0.15) is 0 Å². The van der Waals surface area contributed by atoms with Crippen LogP contribution < -0.4 is 5.32 Å². The molecule has 0 aromatic carbocycles. The minimum absolute atomic E-state index is 0.147. The molecule has 0 fully saturated rings. The highest BCUT2D eigenvalue weighted by atomic mass is 32.2. The van der Waals surface area contributed by atoms with Crippen LogP contribution in [-0.4, -0.2) is 25.2 Å². The van der Waals surface area contributed by atoms with E-state index in [0.717, 1.165) is 4.88 Å². The topological polar surface area (TPSA) is 102 Å². The molecule has 0 aliphatic carbocycles. The van der Waals surface area contributed by atoms with Gasteiger partial charge in [0.25, 0.3) is 0 Å². The molecule has 3 heterocycles. The number of amides is 1. The molecule has 0 aliphatic rings. The lowest BCUT2D eigenvalue weighted by molar-refractivity contribution is -0.118. The highest BCUT2D eigenvalue weighted by molar-refractivity contribution is 7.91. The van der Waals surface area contributed by atoms with Crippen LogP contribution in [0.2, 0.25) is 0 Å². The summed E-state index contributed by atoms with van der Waals surface area (Å²) < 4.78 is 34.4. The highest BCUT2D eigenvalue weighted by Gasteiger charge is 2.20. The van der Waals surface area contributed by atoms with Crippen LogP contribution in [0, 0.1) is 0 Å². The quantitative estimate of drug-likeness (QED) is 0.688. The van der Waals surface area contributed by atoms with Gasteiger partial charge in [0, 0.05) is 6.07 Å². The van der Waals surface area contributed by atoms with Gasteiger partial charge in [-0.3, -0.25) is 4.79 Å². The number of carbonyl (C=O) groups is 1. The highest BCUT2D eigenvalue weighted by Crippen LogP contribution is 2.25. The Bertz CT molecular complexity index is 896. The normalized spacial score (nSPS) is 11.5. The molecule has 7 nitrogen and oxygen atoms in total. The second-order valence-electron chi connectivity index (χ2n) is 5.05. The molecular weight excluding hydrogens is 352 g/mol. The average Bonchev–Trinajstić information content (AvgIpc) is 3.26. The summed E-state index contributed by atoms with van der Waals surface area (Å²) >= 11 is 1.47. The molecule has 0 saturated heterocycles. The summed E-state index contributed by atoms with van der Waals surface area (Å²) in [4.78, 5) is 12.6. The SMILES string of the molecule is O=C(CS(=O)(=O)Cc1cc(-c2cccs2)on1)NCc1ccco1. The molecule has 3 aromatic rings. The molecule has 1 N–H and O–H groups in total. The second kappa shape index (κ2) is 7.02. The van der Waals surface area contributed by atoms with Crippen molar-refractivity contribution < 1.29 is 22.2 Å². The van der Waals surface area contributed by atoms with Crippen LogP contribution in [0.5, 0.6) is 0 Å². The minimum atomic E-state index is -3.64. The Morgan fingerprint density at radius 3 is 2.88 bits per heavy atom. The van der Waals surface area contributed by atoms with Gasteiger partial charge in [-0.05, 0) is 23.6 Å². The second-order valence-corrected chi connectivity index (χ2v) is 8.06. The number of sulfone groups is 1. The molecule has 0 radical (unpaired) electrons.